The Kier molecular flexibility index (Phi) is 5.95. The lowest BCUT2D eigenvalue weighted by atomic mass is 10.1. The summed E-state index contributed by atoms with van der Waals surface area (Å²) >= 11 is 0. The summed E-state index contributed by atoms with van der Waals surface area (Å²) in [5, 5.41) is 5.48. The van der Waals surface area contributed by atoms with Gasteiger partial charge in [0.2, 0.25) is 5.91 Å². The average Bonchev–Trinajstić information content (AvgIpc) is 2.56. The first-order valence-electron chi connectivity index (χ1n) is 7.92. The fraction of sp³-hybridized carbons (Fsp3) is 0.263. The van der Waals surface area contributed by atoms with Gasteiger partial charge in [0, 0.05) is 18.3 Å². The van der Waals surface area contributed by atoms with E-state index in [1.165, 1.54) is 6.92 Å². The van der Waals surface area contributed by atoms with Gasteiger partial charge in [-0.15, -0.1) is 0 Å². The zero-order chi connectivity index (χ0) is 17.5. The zero-order valence-electron chi connectivity index (χ0n) is 14.1. The van der Waals surface area contributed by atoms with Crippen molar-refractivity contribution in [1.29, 1.82) is 0 Å². The van der Waals surface area contributed by atoms with E-state index in [0.717, 1.165) is 17.7 Å². The van der Waals surface area contributed by atoms with Crippen molar-refractivity contribution in [3.05, 3.63) is 54.1 Å². The van der Waals surface area contributed by atoms with Crippen LogP contribution in [0, 0.1) is 0 Å². The van der Waals surface area contributed by atoms with Crippen molar-refractivity contribution >= 4 is 23.2 Å². The lowest BCUT2D eigenvalue weighted by Crippen LogP contribution is -2.30. The Hall–Kier alpha value is -2.82. The lowest BCUT2D eigenvalue weighted by Gasteiger charge is -2.17. The number of benzene rings is 2. The van der Waals surface area contributed by atoms with Crippen LogP contribution >= 0.6 is 0 Å². The predicted molar refractivity (Wildman–Crippen MR) is 95.3 cm³/mol. The molecule has 0 aliphatic carbocycles. The maximum atomic E-state index is 12.3. The van der Waals surface area contributed by atoms with Gasteiger partial charge in [0.1, 0.15) is 5.75 Å². The third-order valence-electron chi connectivity index (χ3n) is 3.50. The second-order valence-corrected chi connectivity index (χ2v) is 5.47. The number of carbonyl (C=O) groups is 2. The van der Waals surface area contributed by atoms with Gasteiger partial charge < -0.3 is 15.4 Å². The Morgan fingerprint density at radius 1 is 1.00 bits per heavy atom. The maximum Gasteiger partial charge on any atom is 0.265 e. The fourth-order valence-electron chi connectivity index (χ4n) is 2.24. The van der Waals surface area contributed by atoms with Crippen molar-refractivity contribution in [2.45, 2.75) is 33.3 Å². The van der Waals surface area contributed by atoms with E-state index in [1.807, 2.05) is 31.2 Å². The number of hydrogen-bond donors (Lipinski definition) is 2. The molecule has 0 unspecified atom stereocenters. The maximum absolute atomic E-state index is 12.3. The number of anilines is 2. The molecule has 0 heterocycles. The molecule has 5 heteroatoms. The summed E-state index contributed by atoms with van der Waals surface area (Å²) in [4.78, 5) is 23.3. The van der Waals surface area contributed by atoms with Crippen LogP contribution in [0.5, 0.6) is 5.75 Å². The van der Waals surface area contributed by atoms with Gasteiger partial charge in [-0.3, -0.25) is 9.59 Å². The molecule has 0 bridgehead atoms. The van der Waals surface area contributed by atoms with E-state index in [-0.39, 0.29) is 11.8 Å². The smallest absolute Gasteiger partial charge is 0.265 e. The fourth-order valence-corrected chi connectivity index (χ4v) is 2.24. The van der Waals surface area contributed by atoms with Gasteiger partial charge in [-0.05, 0) is 49.2 Å². The van der Waals surface area contributed by atoms with Crippen LogP contribution in [-0.4, -0.2) is 17.9 Å². The highest BCUT2D eigenvalue weighted by Gasteiger charge is 2.16. The molecule has 0 spiro atoms. The van der Waals surface area contributed by atoms with Crippen molar-refractivity contribution in [3.8, 4) is 5.75 Å². The summed E-state index contributed by atoms with van der Waals surface area (Å²) in [5.74, 6) is 0.361. The molecule has 2 N–H and O–H groups in total. The van der Waals surface area contributed by atoms with Crippen LogP contribution < -0.4 is 15.4 Å². The van der Waals surface area contributed by atoms with E-state index in [9.17, 15) is 9.59 Å². The summed E-state index contributed by atoms with van der Waals surface area (Å²) in [6, 6.07) is 14.6. The minimum absolute atomic E-state index is 0.136. The van der Waals surface area contributed by atoms with Crippen LogP contribution in [0.2, 0.25) is 0 Å². The predicted octanol–water partition coefficient (Wildman–Crippen LogP) is 3.61. The van der Waals surface area contributed by atoms with Crippen molar-refractivity contribution in [2.24, 2.45) is 0 Å². The Morgan fingerprint density at radius 2 is 1.58 bits per heavy atom. The lowest BCUT2D eigenvalue weighted by molar-refractivity contribution is -0.122. The number of ether oxygens (including phenoxy) is 1. The number of para-hydroxylation sites is 1. The molecule has 2 amide bonds. The van der Waals surface area contributed by atoms with E-state index >= 15 is 0 Å². The Morgan fingerprint density at radius 3 is 2.17 bits per heavy atom. The van der Waals surface area contributed by atoms with E-state index in [2.05, 4.69) is 10.6 Å². The standard InChI is InChI=1S/C19H22N2O3/c1-4-15-7-5-6-8-18(15)24-13(2)19(23)21-17-11-9-16(10-12-17)20-14(3)22/h5-13H,4H2,1-3H3,(H,20,22)(H,21,23)/t13-/m1/s1. The topological polar surface area (TPSA) is 67.4 Å². The molecule has 0 aromatic heterocycles. The van der Waals surface area contributed by atoms with Gasteiger partial charge in [-0.1, -0.05) is 25.1 Å². The monoisotopic (exact) mass is 326 g/mol. The van der Waals surface area contributed by atoms with Gasteiger partial charge in [0.05, 0.1) is 0 Å². The van der Waals surface area contributed by atoms with Crippen LogP contribution in [0.1, 0.15) is 26.3 Å². The van der Waals surface area contributed by atoms with Gasteiger partial charge in [0.15, 0.2) is 6.10 Å². The van der Waals surface area contributed by atoms with Gasteiger partial charge >= 0.3 is 0 Å². The highest BCUT2D eigenvalue weighted by Crippen LogP contribution is 2.20. The molecule has 0 saturated heterocycles. The third kappa shape index (κ3) is 4.84. The van der Waals surface area contributed by atoms with Crippen LogP contribution in [0.4, 0.5) is 11.4 Å². The first-order valence-corrected chi connectivity index (χ1v) is 7.92. The summed E-state index contributed by atoms with van der Waals surface area (Å²) < 4.78 is 5.78. The summed E-state index contributed by atoms with van der Waals surface area (Å²) in [6.45, 7) is 5.21. The molecule has 0 aliphatic rings. The number of carbonyl (C=O) groups excluding carboxylic acids is 2. The zero-order valence-corrected chi connectivity index (χ0v) is 14.1. The first kappa shape index (κ1) is 17.5. The molecular formula is C19H22N2O3. The molecule has 126 valence electrons. The Bertz CT molecular complexity index is 711. The van der Waals surface area contributed by atoms with Crippen molar-refractivity contribution in [3.63, 3.8) is 0 Å². The van der Waals surface area contributed by atoms with Gasteiger partial charge in [0.25, 0.3) is 5.91 Å². The molecule has 1 atom stereocenters. The molecule has 2 aromatic rings. The van der Waals surface area contributed by atoms with E-state index < -0.39 is 6.10 Å². The number of hydrogen-bond acceptors (Lipinski definition) is 3. The third-order valence-corrected chi connectivity index (χ3v) is 3.50. The summed E-state index contributed by atoms with van der Waals surface area (Å²) in [7, 11) is 0. The van der Waals surface area contributed by atoms with Crippen molar-refractivity contribution in [1.82, 2.24) is 0 Å². The highest BCUT2D eigenvalue weighted by atomic mass is 16.5. The van der Waals surface area contributed by atoms with Crippen LogP contribution in [0.15, 0.2) is 48.5 Å². The molecule has 0 fully saturated rings. The number of rotatable bonds is 6. The van der Waals surface area contributed by atoms with Crippen LogP contribution in [0.25, 0.3) is 0 Å². The van der Waals surface area contributed by atoms with E-state index in [4.69, 9.17) is 4.74 Å². The number of nitrogens with one attached hydrogen (secondary N) is 2. The normalized spacial score (nSPS) is 11.5. The van der Waals surface area contributed by atoms with E-state index in [1.54, 1.807) is 31.2 Å². The summed E-state index contributed by atoms with van der Waals surface area (Å²) in [6.07, 6.45) is 0.225. The highest BCUT2D eigenvalue weighted by molar-refractivity contribution is 5.94. The summed E-state index contributed by atoms with van der Waals surface area (Å²) in [5.41, 5.74) is 2.40. The SMILES string of the molecule is CCc1ccccc1O[C@H](C)C(=O)Nc1ccc(NC(C)=O)cc1. The molecule has 2 aromatic carbocycles. The van der Waals surface area contributed by atoms with Gasteiger partial charge in [-0.2, -0.15) is 0 Å². The Balaban J connectivity index is 1.97. The average molecular weight is 326 g/mol. The molecule has 2 rings (SSSR count). The molecule has 5 nitrogen and oxygen atoms in total. The molecular weight excluding hydrogens is 304 g/mol. The molecule has 0 radical (unpaired) electrons. The van der Waals surface area contributed by atoms with Crippen molar-refractivity contribution < 1.29 is 14.3 Å². The molecule has 0 aliphatic heterocycles. The number of aryl methyl sites for hydroxylation is 1. The van der Waals surface area contributed by atoms with Crippen LogP contribution in [0.3, 0.4) is 0 Å². The minimum Gasteiger partial charge on any atom is -0.481 e. The van der Waals surface area contributed by atoms with Crippen LogP contribution in [-0.2, 0) is 16.0 Å². The van der Waals surface area contributed by atoms with Gasteiger partial charge in [-0.25, -0.2) is 0 Å². The molecule has 0 saturated carbocycles. The Labute approximate surface area is 142 Å². The quantitative estimate of drug-likeness (QED) is 0.852. The minimum atomic E-state index is -0.618. The second kappa shape index (κ2) is 8.15. The first-order chi connectivity index (χ1) is 11.5. The molecule has 24 heavy (non-hydrogen) atoms. The van der Waals surface area contributed by atoms with Crippen molar-refractivity contribution in [2.75, 3.05) is 10.6 Å². The largest absolute Gasteiger partial charge is 0.481 e. The number of amides is 2. The second-order valence-electron chi connectivity index (χ2n) is 5.47. The van der Waals surface area contributed by atoms with E-state index in [0.29, 0.717) is 11.4 Å².